The maximum absolute atomic E-state index is 3.55. The Bertz CT molecular complexity index is 363. The minimum Gasteiger partial charge on any atom is -0.424 e. The van der Waals surface area contributed by atoms with Gasteiger partial charge in [-0.2, -0.15) is 0 Å². The zero-order chi connectivity index (χ0) is 10.2. The lowest BCUT2D eigenvalue weighted by Gasteiger charge is -2.29. The van der Waals surface area contributed by atoms with Crippen molar-refractivity contribution in [2.45, 2.75) is 26.1 Å². The van der Waals surface area contributed by atoms with Crippen LogP contribution in [0.4, 0.5) is 5.69 Å². The molecule has 1 N–H and O–H groups in total. The van der Waals surface area contributed by atoms with E-state index >= 15 is 0 Å². The van der Waals surface area contributed by atoms with Gasteiger partial charge in [0.1, 0.15) is 0 Å². The first kappa shape index (κ1) is 9.38. The van der Waals surface area contributed by atoms with Crippen LogP contribution in [0.1, 0.15) is 26.3 Å². The van der Waals surface area contributed by atoms with Crippen LogP contribution in [-0.4, -0.2) is 6.85 Å². The molecule has 0 atom stereocenters. The van der Waals surface area contributed by atoms with Gasteiger partial charge in [0.15, 0.2) is 0 Å². The summed E-state index contributed by atoms with van der Waals surface area (Å²) in [5, 5.41) is 3.82. The Morgan fingerprint density at radius 1 is 1.14 bits per heavy atom. The number of fused-ring (bicyclic) bond motifs is 1. The van der Waals surface area contributed by atoms with Crippen molar-refractivity contribution in [2.75, 3.05) is 5.23 Å². The van der Waals surface area contributed by atoms with Crippen molar-refractivity contribution >= 4 is 18.6 Å². The molecule has 0 radical (unpaired) electrons. The molecule has 1 heterocycles. The molecular formula is C12H16BN. The molecule has 1 aromatic rings. The number of rotatable bonds is 0. The molecule has 14 heavy (non-hydrogen) atoms. The van der Waals surface area contributed by atoms with Crippen LogP contribution in [0.5, 0.6) is 0 Å². The zero-order valence-corrected chi connectivity index (χ0v) is 9.04. The molecule has 0 unspecified atom stereocenters. The summed E-state index contributed by atoms with van der Waals surface area (Å²) < 4.78 is 0. The normalized spacial score (nSPS) is 14.9. The second-order valence-corrected chi connectivity index (χ2v) is 4.93. The summed E-state index contributed by atoms with van der Waals surface area (Å²) in [6.07, 6.45) is 2.21. The third kappa shape index (κ3) is 1.70. The molecule has 0 aliphatic carbocycles. The molecule has 0 saturated carbocycles. The van der Waals surface area contributed by atoms with Crippen LogP contribution < -0.4 is 5.23 Å². The van der Waals surface area contributed by atoms with Gasteiger partial charge in [-0.1, -0.05) is 51.0 Å². The van der Waals surface area contributed by atoms with Gasteiger partial charge < -0.3 is 5.23 Å². The topological polar surface area (TPSA) is 12.0 Å². The lowest BCUT2D eigenvalue weighted by Crippen LogP contribution is -2.34. The fourth-order valence-corrected chi connectivity index (χ4v) is 1.69. The lowest BCUT2D eigenvalue weighted by molar-refractivity contribution is 0.745. The summed E-state index contributed by atoms with van der Waals surface area (Å²) in [7, 11) is 0. The summed E-state index contributed by atoms with van der Waals surface area (Å²) in [4.78, 5) is 0. The number of hydrogen-bond donors (Lipinski definition) is 1. The van der Waals surface area contributed by atoms with Crippen molar-refractivity contribution in [2.24, 2.45) is 0 Å². The highest BCUT2D eigenvalue weighted by Crippen LogP contribution is 2.32. The van der Waals surface area contributed by atoms with Gasteiger partial charge in [0.2, 0.25) is 0 Å². The monoisotopic (exact) mass is 185 g/mol. The Morgan fingerprint density at radius 3 is 2.57 bits per heavy atom. The molecular weight excluding hydrogens is 169 g/mol. The first-order valence-electron chi connectivity index (χ1n) is 5.11. The highest BCUT2D eigenvalue weighted by Gasteiger charge is 2.29. The predicted molar refractivity (Wildman–Crippen MR) is 64.6 cm³/mol. The van der Waals surface area contributed by atoms with E-state index in [1.807, 2.05) is 0 Å². The maximum atomic E-state index is 3.55. The molecule has 0 spiro atoms. The van der Waals surface area contributed by atoms with Crippen molar-refractivity contribution in [1.82, 2.24) is 0 Å². The molecule has 2 heteroatoms. The Morgan fingerprint density at radius 2 is 1.86 bits per heavy atom. The number of benzene rings is 1. The van der Waals surface area contributed by atoms with E-state index in [1.165, 1.54) is 11.3 Å². The lowest BCUT2D eigenvalue weighted by atomic mass is 9.43. The average Bonchev–Trinajstić information content (AvgIpc) is 2.16. The Balaban J connectivity index is 2.30. The van der Waals surface area contributed by atoms with Crippen molar-refractivity contribution in [3.05, 3.63) is 35.8 Å². The Kier molecular flexibility index (Phi) is 2.14. The third-order valence-corrected chi connectivity index (χ3v) is 2.67. The van der Waals surface area contributed by atoms with E-state index < -0.39 is 0 Å². The summed E-state index contributed by atoms with van der Waals surface area (Å²) in [6, 6.07) is 8.42. The van der Waals surface area contributed by atoms with E-state index in [-0.39, 0.29) is 5.31 Å². The molecule has 2 rings (SSSR count). The van der Waals surface area contributed by atoms with Crippen LogP contribution in [-0.2, 0) is 0 Å². The SMILES string of the molecule is CC(C)(C)B1C=Cc2ccccc2N1. The van der Waals surface area contributed by atoms with Gasteiger partial charge in [0.05, 0.1) is 0 Å². The molecule has 1 nitrogen and oxygen atoms in total. The average molecular weight is 185 g/mol. The minimum atomic E-state index is 0.268. The molecule has 72 valence electrons. The Labute approximate surface area is 86.3 Å². The number of para-hydroxylation sites is 1. The Hall–Kier alpha value is -1.18. The fraction of sp³-hybridized carbons (Fsp3) is 0.333. The predicted octanol–water partition coefficient (Wildman–Crippen LogP) is 3.46. The number of nitrogens with one attached hydrogen (secondary N) is 1. The molecule has 0 amide bonds. The maximum Gasteiger partial charge on any atom is 0.284 e. The van der Waals surface area contributed by atoms with Crippen LogP contribution in [0.25, 0.3) is 6.08 Å². The van der Waals surface area contributed by atoms with Gasteiger partial charge in [-0.25, -0.2) is 0 Å². The summed E-state index contributed by atoms with van der Waals surface area (Å²) in [5.41, 5.74) is 2.53. The molecule has 0 aromatic heterocycles. The van der Waals surface area contributed by atoms with Gasteiger partial charge >= 0.3 is 0 Å². The fourth-order valence-electron chi connectivity index (χ4n) is 1.69. The van der Waals surface area contributed by atoms with Crippen molar-refractivity contribution in [1.29, 1.82) is 0 Å². The van der Waals surface area contributed by atoms with Gasteiger partial charge in [-0.3, -0.25) is 0 Å². The number of hydrogen-bond acceptors (Lipinski definition) is 1. The number of anilines is 1. The van der Waals surface area contributed by atoms with Gasteiger partial charge in [-0.15, -0.1) is 0 Å². The summed E-state index contributed by atoms with van der Waals surface area (Å²) in [5.74, 6) is 2.25. The molecule has 0 fully saturated rings. The van der Waals surface area contributed by atoms with E-state index in [4.69, 9.17) is 0 Å². The molecule has 1 aliphatic heterocycles. The largest absolute Gasteiger partial charge is 0.424 e. The van der Waals surface area contributed by atoms with Crippen molar-refractivity contribution in [3.8, 4) is 0 Å². The molecule has 0 saturated heterocycles. The third-order valence-electron chi connectivity index (χ3n) is 2.67. The quantitative estimate of drug-likeness (QED) is 0.610. The molecule has 0 bridgehead atoms. The summed E-state index contributed by atoms with van der Waals surface area (Å²) in [6.45, 7) is 7.19. The van der Waals surface area contributed by atoms with Gasteiger partial charge in [-0.05, 0) is 16.9 Å². The van der Waals surface area contributed by atoms with Crippen molar-refractivity contribution < 1.29 is 0 Å². The minimum absolute atomic E-state index is 0.268. The van der Waals surface area contributed by atoms with E-state index in [9.17, 15) is 0 Å². The van der Waals surface area contributed by atoms with Crippen LogP contribution >= 0.6 is 0 Å². The van der Waals surface area contributed by atoms with Gasteiger partial charge in [0, 0.05) is 5.69 Å². The standard InChI is InChI=1S/C12H16BN/c1-12(2,3)13-9-8-10-6-4-5-7-11(10)14-13/h4-9,14H,1-3H3. The highest BCUT2D eigenvalue weighted by atomic mass is 14.8. The second kappa shape index (κ2) is 3.20. The molecule has 1 aromatic carbocycles. The second-order valence-electron chi connectivity index (χ2n) is 4.93. The van der Waals surface area contributed by atoms with Crippen LogP contribution in [0.2, 0.25) is 5.31 Å². The first-order valence-corrected chi connectivity index (χ1v) is 5.11. The van der Waals surface area contributed by atoms with Crippen LogP contribution in [0, 0.1) is 0 Å². The summed E-state index contributed by atoms with van der Waals surface area (Å²) >= 11 is 0. The van der Waals surface area contributed by atoms with Crippen LogP contribution in [0.3, 0.4) is 0 Å². The van der Waals surface area contributed by atoms with E-state index in [0.717, 1.165) is 0 Å². The highest BCUT2D eigenvalue weighted by molar-refractivity contribution is 6.71. The van der Waals surface area contributed by atoms with E-state index in [0.29, 0.717) is 6.85 Å². The van der Waals surface area contributed by atoms with E-state index in [2.05, 4.69) is 62.3 Å². The molecule has 1 aliphatic rings. The van der Waals surface area contributed by atoms with E-state index in [1.54, 1.807) is 0 Å². The smallest absolute Gasteiger partial charge is 0.284 e. The van der Waals surface area contributed by atoms with Crippen LogP contribution in [0.15, 0.2) is 30.2 Å². The first-order chi connectivity index (χ1) is 6.57. The van der Waals surface area contributed by atoms with Gasteiger partial charge in [0.25, 0.3) is 6.85 Å². The van der Waals surface area contributed by atoms with Crippen molar-refractivity contribution in [3.63, 3.8) is 0 Å². The zero-order valence-electron chi connectivity index (χ0n) is 9.04.